The van der Waals surface area contributed by atoms with Crippen molar-refractivity contribution in [3.05, 3.63) is 120 Å². The standard InChI is InChI=1S/C43H46O12/c1-23(2)41(49)33(52-36(46)27-16-10-7-11-17-27)25(4)42(50)30-22-24(3)32(45)43(30)39(54-38(48)29-20-14-9-15-21-29)40(6,55-43)34(31(42)35(41)51-26(5)44)53-37(47)28-18-12-8-13-19-28/h7-21,24-25,30-35,39,45,49-50H,1,22H2,2-6H3/t24-,25+,30-,31-,32-,33-,34-,35+,39+,40+,41-,42-,43+/m0/s1. The van der Waals surface area contributed by atoms with E-state index < -0.39 is 100 Å². The molecule has 12 nitrogen and oxygen atoms in total. The van der Waals surface area contributed by atoms with Crippen molar-refractivity contribution < 1.29 is 58.2 Å². The largest absolute Gasteiger partial charge is 0.458 e. The molecule has 0 unspecified atom stereocenters. The van der Waals surface area contributed by atoms with Crippen LogP contribution in [-0.2, 0) is 28.5 Å². The predicted octanol–water partition coefficient (Wildman–Crippen LogP) is 4.46. The van der Waals surface area contributed by atoms with E-state index in [1.54, 1.807) is 87.5 Å². The minimum absolute atomic E-state index is 0.0240. The summed E-state index contributed by atoms with van der Waals surface area (Å²) in [5, 5.41) is 38.9. The molecule has 3 aliphatic carbocycles. The predicted molar refractivity (Wildman–Crippen MR) is 195 cm³/mol. The van der Waals surface area contributed by atoms with Gasteiger partial charge in [-0.05, 0) is 68.2 Å². The zero-order valence-electron chi connectivity index (χ0n) is 31.3. The molecule has 2 bridgehead atoms. The topological polar surface area (TPSA) is 175 Å². The summed E-state index contributed by atoms with van der Waals surface area (Å²) in [6, 6.07) is 24.3. The van der Waals surface area contributed by atoms with Gasteiger partial charge in [-0.2, -0.15) is 0 Å². The molecule has 1 saturated heterocycles. The Hall–Kier alpha value is -4.88. The number of carbonyl (C=O) groups excluding carboxylic acids is 4. The average Bonchev–Trinajstić information content (AvgIpc) is 3.38. The van der Waals surface area contributed by atoms with Crippen LogP contribution in [0.3, 0.4) is 0 Å². The van der Waals surface area contributed by atoms with Gasteiger partial charge in [0, 0.05) is 18.8 Å². The molecule has 0 radical (unpaired) electrons. The summed E-state index contributed by atoms with van der Waals surface area (Å²) >= 11 is 0. The van der Waals surface area contributed by atoms with Crippen molar-refractivity contribution in [2.75, 3.05) is 0 Å². The first-order valence-corrected chi connectivity index (χ1v) is 18.5. The van der Waals surface area contributed by atoms with Crippen LogP contribution in [0.15, 0.2) is 103 Å². The molecule has 4 fully saturated rings. The van der Waals surface area contributed by atoms with Gasteiger partial charge < -0.3 is 39.0 Å². The summed E-state index contributed by atoms with van der Waals surface area (Å²) < 4.78 is 31.7. The summed E-state index contributed by atoms with van der Waals surface area (Å²) in [6.07, 6.45) is -7.62. The summed E-state index contributed by atoms with van der Waals surface area (Å²) in [5.41, 5.74) is -7.69. The molecule has 55 heavy (non-hydrogen) atoms. The highest BCUT2D eigenvalue weighted by molar-refractivity contribution is 5.91. The van der Waals surface area contributed by atoms with Gasteiger partial charge in [-0.25, -0.2) is 14.4 Å². The van der Waals surface area contributed by atoms with Crippen molar-refractivity contribution in [3.8, 4) is 0 Å². The van der Waals surface area contributed by atoms with Crippen LogP contribution in [0.4, 0.5) is 0 Å². The van der Waals surface area contributed by atoms with Crippen molar-refractivity contribution in [2.24, 2.45) is 23.7 Å². The Balaban J connectivity index is 1.47. The normalized spacial score (nSPS) is 38.5. The number of aliphatic hydroxyl groups is 3. The fourth-order valence-electron chi connectivity index (χ4n) is 10.0. The number of hydrogen-bond acceptors (Lipinski definition) is 12. The lowest BCUT2D eigenvalue weighted by molar-refractivity contribution is -0.388. The Morgan fingerprint density at radius 1 is 0.709 bits per heavy atom. The number of esters is 4. The number of fused-ring (bicyclic) bond motifs is 3. The molecule has 13 atom stereocenters. The lowest BCUT2D eigenvalue weighted by atomic mass is 9.52. The van der Waals surface area contributed by atoms with Gasteiger partial charge in [0.2, 0.25) is 0 Å². The molecule has 3 aromatic carbocycles. The Kier molecular flexibility index (Phi) is 9.56. The average molecular weight is 755 g/mol. The number of rotatable bonds is 8. The summed E-state index contributed by atoms with van der Waals surface area (Å²) in [6.45, 7) is 11.5. The van der Waals surface area contributed by atoms with E-state index in [4.69, 9.17) is 23.7 Å². The van der Waals surface area contributed by atoms with Crippen molar-refractivity contribution >= 4 is 23.9 Å². The summed E-state index contributed by atoms with van der Waals surface area (Å²) in [7, 11) is 0. The van der Waals surface area contributed by atoms with Crippen LogP contribution >= 0.6 is 0 Å². The van der Waals surface area contributed by atoms with E-state index in [0.717, 1.165) is 6.92 Å². The van der Waals surface area contributed by atoms with Gasteiger partial charge in [0.05, 0.1) is 34.3 Å². The van der Waals surface area contributed by atoms with Gasteiger partial charge in [-0.3, -0.25) is 4.79 Å². The zero-order valence-corrected chi connectivity index (χ0v) is 31.3. The molecule has 0 aromatic heterocycles. The molecule has 3 N–H and O–H groups in total. The maximum atomic E-state index is 14.1. The minimum atomic E-state index is -2.39. The van der Waals surface area contributed by atoms with Crippen LogP contribution < -0.4 is 0 Å². The highest BCUT2D eigenvalue weighted by Gasteiger charge is 2.87. The highest BCUT2D eigenvalue weighted by atomic mass is 16.7. The van der Waals surface area contributed by atoms with Crippen molar-refractivity contribution in [3.63, 3.8) is 0 Å². The van der Waals surface area contributed by atoms with Gasteiger partial charge in [-0.15, -0.1) is 0 Å². The quantitative estimate of drug-likeness (QED) is 0.168. The number of ether oxygens (including phenoxy) is 5. The van der Waals surface area contributed by atoms with Crippen LogP contribution in [0.2, 0.25) is 0 Å². The maximum absolute atomic E-state index is 14.1. The van der Waals surface area contributed by atoms with Crippen LogP contribution in [0.5, 0.6) is 0 Å². The molecule has 1 spiro atoms. The second-order valence-corrected chi connectivity index (χ2v) is 15.7. The lowest BCUT2D eigenvalue weighted by Crippen LogP contribution is -2.80. The van der Waals surface area contributed by atoms with Gasteiger partial charge >= 0.3 is 23.9 Å². The van der Waals surface area contributed by atoms with E-state index in [0.29, 0.717) is 0 Å². The smallest absolute Gasteiger partial charge is 0.338 e. The molecule has 1 heterocycles. The number of benzene rings is 3. The van der Waals surface area contributed by atoms with Crippen molar-refractivity contribution in [1.82, 2.24) is 0 Å². The number of aliphatic hydroxyl groups excluding tert-OH is 1. The number of carbonyl (C=O) groups is 4. The molecule has 1 aliphatic heterocycles. The Labute approximate surface area is 319 Å². The van der Waals surface area contributed by atoms with Crippen LogP contribution in [0.1, 0.15) is 72.1 Å². The first-order valence-electron chi connectivity index (χ1n) is 18.5. The first kappa shape index (κ1) is 38.4. The Morgan fingerprint density at radius 3 is 1.62 bits per heavy atom. The fraction of sp³-hybridized carbons (Fsp3) is 0.442. The highest BCUT2D eigenvalue weighted by Crippen LogP contribution is 2.70. The molecule has 3 saturated carbocycles. The second kappa shape index (κ2) is 13.7. The molecule has 3 aromatic rings. The second-order valence-electron chi connectivity index (χ2n) is 15.7. The van der Waals surface area contributed by atoms with E-state index in [2.05, 4.69) is 6.58 Å². The third kappa shape index (κ3) is 5.63. The van der Waals surface area contributed by atoms with Crippen molar-refractivity contribution in [1.29, 1.82) is 0 Å². The zero-order chi connectivity index (χ0) is 39.7. The van der Waals surface area contributed by atoms with E-state index in [1.807, 2.05) is 0 Å². The third-order valence-electron chi connectivity index (χ3n) is 12.5. The van der Waals surface area contributed by atoms with Gasteiger partial charge in [-0.1, -0.05) is 75.0 Å². The van der Waals surface area contributed by atoms with Gasteiger partial charge in [0.25, 0.3) is 0 Å². The van der Waals surface area contributed by atoms with E-state index in [1.165, 1.54) is 31.2 Å². The minimum Gasteiger partial charge on any atom is -0.458 e. The van der Waals surface area contributed by atoms with Crippen LogP contribution in [-0.4, -0.2) is 92.1 Å². The number of hydrogen-bond donors (Lipinski definition) is 3. The molecule has 290 valence electrons. The SMILES string of the molecule is C=C(C)[C@@]1(O)[C@H](OC(C)=O)[C@@H]2[C@H](OC(=O)c3ccccc3)[C@@]3(C)O[C@@]4([C@@H]3OC(=O)c3ccccc3)[C@@H](O)[C@@H](C)C[C@H]4[C@@]2(O)[C@H](C)[C@@H]1OC(=O)c1ccccc1. The molecular weight excluding hydrogens is 708 g/mol. The Morgan fingerprint density at radius 2 is 1.16 bits per heavy atom. The monoisotopic (exact) mass is 754 g/mol. The summed E-state index contributed by atoms with van der Waals surface area (Å²) in [4.78, 5) is 55.0. The van der Waals surface area contributed by atoms with E-state index in [9.17, 15) is 34.5 Å². The first-order chi connectivity index (χ1) is 26.0. The van der Waals surface area contributed by atoms with Gasteiger partial charge in [0.1, 0.15) is 29.5 Å². The molecule has 12 heteroatoms. The fourth-order valence-corrected chi connectivity index (χ4v) is 10.0. The molecule has 4 aliphatic rings. The summed E-state index contributed by atoms with van der Waals surface area (Å²) in [5.74, 6) is -7.75. The van der Waals surface area contributed by atoms with Crippen LogP contribution in [0, 0.1) is 23.7 Å². The Bertz CT molecular complexity index is 1990. The molecule has 7 rings (SSSR count). The van der Waals surface area contributed by atoms with Gasteiger partial charge in [0.15, 0.2) is 11.7 Å². The lowest BCUT2D eigenvalue weighted by Gasteiger charge is -2.62. The maximum Gasteiger partial charge on any atom is 0.338 e. The van der Waals surface area contributed by atoms with Crippen LogP contribution in [0.25, 0.3) is 0 Å². The molecular formula is C43H46O12. The molecule has 0 amide bonds. The van der Waals surface area contributed by atoms with E-state index >= 15 is 0 Å². The third-order valence-corrected chi connectivity index (χ3v) is 12.5. The van der Waals surface area contributed by atoms with Crippen molar-refractivity contribution in [2.45, 2.75) is 94.0 Å². The van der Waals surface area contributed by atoms with E-state index in [-0.39, 0.29) is 28.7 Å².